The van der Waals surface area contributed by atoms with Crippen molar-refractivity contribution in [2.45, 2.75) is 18.9 Å². The third kappa shape index (κ3) is 5.73. The molecule has 0 amide bonds. The van der Waals surface area contributed by atoms with Gasteiger partial charge in [0.2, 0.25) is 0 Å². The first-order valence-corrected chi connectivity index (χ1v) is 9.64. The number of aromatic nitrogens is 2. The lowest BCUT2D eigenvalue weighted by Crippen LogP contribution is -2.40. The monoisotopic (exact) mass is 448 g/mol. The molecule has 0 saturated heterocycles. The third-order valence-corrected chi connectivity index (χ3v) is 4.79. The van der Waals surface area contributed by atoms with E-state index in [2.05, 4.69) is 20.8 Å². The molecule has 0 aliphatic rings. The maximum atomic E-state index is 12.3. The molecule has 2 aromatic carbocycles. The molecule has 0 unspecified atom stereocenters. The van der Waals surface area contributed by atoms with Crippen LogP contribution in [-0.4, -0.2) is 33.1 Å². The number of carboxylic acids is 1. The number of hydrogen-bond acceptors (Lipinski definition) is 6. The fourth-order valence-electron chi connectivity index (χ4n) is 2.67. The lowest BCUT2D eigenvalue weighted by molar-refractivity contribution is -0.157. The molecule has 0 bridgehead atoms. The Morgan fingerprint density at radius 2 is 1.87 bits per heavy atom. The summed E-state index contributed by atoms with van der Waals surface area (Å²) in [7, 11) is 0. The average molecular weight is 449 g/mol. The van der Waals surface area contributed by atoms with Gasteiger partial charge in [0.1, 0.15) is 6.04 Å². The quantitative estimate of drug-likeness (QED) is 0.368. The Balaban J connectivity index is 1.64. The van der Waals surface area contributed by atoms with Crippen molar-refractivity contribution < 1.29 is 19.5 Å². The van der Waals surface area contributed by atoms with Crippen LogP contribution >= 0.6 is 23.2 Å². The number of hydrogen-bond donors (Lipinski definition) is 4. The van der Waals surface area contributed by atoms with E-state index in [4.69, 9.17) is 28.0 Å². The molecule has 4 N–H and O–H groups in total. The predicted octanol–water partition coefficient (Wildman–Crippen LogP) is 3.75. The largest absolute Gasteiger partial charge is 0.480 e. The van der Waals surface area contributed by atoms with Crippen LogP contribution in [0.25, 0.3) is 0 Å². The number of carboxylic acid groups (broad SMARTS) is 1. The van der Waals surface area contributed by atoms with Crippen LogP contribution < -0.4 is 10.8 Å². The molecule has 10 heteroatoms. The van der Waals surface area contributed by atoms with Gasteiger partial charge in [-0.05, 0) is 23.8 Å². The predicted molar refractivity (Wildman–Crippen MR) is 113 cm³/mol. The summed E-state index contributed by atoms with van der Waals surface area (Å²) in [6.45, 7) is 0. The second-order valence-electron chi connectivity index (χ2n) is 6.30. The summed E-state index contributed by atoms with van der Waals surface area (Å²) in [5.41, 5.74) is 4.59. The normalized spacial score (nSPS) is 11.7. The molecule has 0 radical (unpaired) electrons. The zero-order valence-corrected chi connectivity index (χ0v) is 17.1. The number of aliphatic carboxylic acids is 1. The van der Waals surface area contributed by atoms with Crippen molar-refractivity contribution in [3.63, 3.8) is 0 Å². The summed E-state index contributed by atoms with van der Waals surface area (Å²) in [6.07, 6.45) is 2.96. The molecule has 30 heavy (non-hydrogen) atoms. The van der Waals surface area contributed by atoms with Crippen molar-refractivity contribution in [1.29, 1.82) is 0 Å². The van der Waals surface area contributed by atoms with Crippen LogP contribution in [0.4, 0.5) is 11.4 Å². The van der Waals surface area contributed by atoms with Crippen LogP contribution in [0.5, 0.6) is 0 Å². The molecule has 0 aliphatic heterocycles. The first-order chi connectivity index (χ1) is 14.4. The van der Waals surface area contributed by atoms with Gasteiger partial charge in [0, 0.05) is 18.3 Å². The lowest BCUT2D eigenvalue weighted by Gasteiger charge is -2.15. The van der Waals surface area contributed by atoms with Crippen LogP contribution in [0.1, 0.15) is 11.3 Å². The highest BCUT2D eigenvalue weighted by Crippen LogP contribution is 2.33. The number of carbonyl (C=O) groups excluding carboxylic acids is 1. The van der Waals surface area contributed by atoms with Gasteiger partial charge in [0.05, 0.1) is 34.2 Å². The maximum absolute atomic E-state index is 12.3. The highest BCUT2D eigenvalue weighted by Gasteiger charge is 2.21. The zero-order valence-electron chi connectivity index (χ0n) is 15.6. The number of nitrogens with zero attached hydrogens (tertiary/aromatic N) is 1. The number of rotatable bonds is 9. The summed E-state index contributed by atoms with van der Waals surface area (Å²) in [6, 6.07) is 11.1. The minimum atomic E-state index is -1.17. The van der Waals surface area contributed by atoms with Gasteiger partial charge in [0.15, 0.2) is 0 Å². The number of hydroxylamine groups is 1. The molecular formula is C20H18Cl2N4O4. The number of nitrogens with one attached hydrogen (secondary N) is 3. The van der Waals surface area contributed by atoms with E-state index in [1.165, 1.54) is 6.33 Å². The number of aromatic amines is 1. The van der Waals surface area contributed by atoms with Gasteiger partial charge in [-0.25, -0.2) is 4.98 Å². The van der Waals surface area contributed by atoms with E-state index in [0.29, 0.717) is 32.7 Å². The molecule has 1 aromatic heterocycles. The van der Waals surface area contributed by atoms with Crippen molar-refractivity contribution in [2.75, 3.05) is 5.32 Å². The SMILES string of the molecule is O=C(Cc1ccccc1Nc1c(Cl)cccc1Cl)ON[C@@H](Cc1c[nH]cn1)C(=O)O. The van der Waals surface area contributed by atoms with Crippen LogP contribution in [-0.2, 0) is 27.3 Å². The Hall–Kier alpha value is -3.07. The van der Waals surface area contributed by atoms with Crippen LogP contribution in [0.3, 0.4) is 0 Å². The van der Waals surface area contributed by atoms with E-state index >= 15 is 0 Å². The van der Waals surface area contributed by atoms with E-state index in [-0.39, 0.29) is 12.8 Å². The molecule has 3 rings (SSSR count). The van der Waals surface area contributed by atoms with Gasteiger partial charge >= 0.3 is 11.9 Å². The highest BCUT2D eigenvalue weighted by atomic mass is 35.5. The smallest absolute Gasteiger partial charge is 0.329 e. The molecule has 0 saturated carbocycles. The number of H-pyrrole nitrogens is 1. The number of benzene rings is 2. The van der Waals surface area contributed by atoms with Crippen LogP contribution in [0, 0.1) is 0 Å². The van der Waals surface area contributed by atoms with Crippen molar-refractivity contribution in [3.8, 4) is 0 Å². The number of halogens is 2. The number of anilines is 2. The fraction of sp³-hybridized carbons (Fsp3) is 0.150. The second-order valence-corrected chi connectivity index (χ2v) is 7.12. The summed E-state index contributed by atoms with van der Waals surface area (Å²) in [4.78, 5) is 35.4. The highest BCUT2D eigenvalue weighted by molar-refractivity contribution is 6.39. The van der Waals surface area contributed by atoms with E-state index in [1.807, 2.05) is 0 Å². The topological polar surface area (TPSA) is 116 Å². The molecule has 3 aromatic rings. The Bertz CT molecular complexity index is 1010. The number of carbonyl (C=O) groups is 2. The molecule has 0 aliphatic carbocycles. The van der Waals surface area contributed by atoms with Crippen LogP contribution in [0.15, 0.2) is 55.0 Å². The summed E-state index contributed by atoms with van der Waals surface area (Å²) in [5, 5.41) is 13.3. The number of para-hydroxylation sites is 2. The first kappa shape index (κ1) is 21.6. The van der Waals surface area contributed by atoms with E-state index in [9.17, 15) is 14.7 Å². The Morgan fingerprint density at radius 3 is 2.53 bits per heavy atom. The van der Waals surface area contributed by atoms with E-state index < -0.39 is 18.0 Å². The van der Waals surface area contributed by atoms with Gasteiger partial charge in [-0.15, -0.1) is 5.48 Å². The fourth-order valence-corrected chi connectivity index (χ4v) is 3.16. The molecule has 0 fully saturated rings. The van der Waals surface area contributed by atoms with Crippen molar-refractivity contribution in [2.24, 2.45) is 0 Å². The van der Waals surface area contributed by atoms with E-state index in [1.54, 1.807) is 48.7 Å². The first-order valence-electron chi connectivity index (χ1n) is 8.88. The molecule has 0 spiro atoms. The Kier molecular flexibility index (Phi) is 7.29. The summed E-state index contributed by atoms with van der Waals surface area (Å²) < 4.78 is 0. The van der Waals surface area contributed by atoms with Gasteiger partial charge in [-0.1, -0.05) is 47.5 Å². The van der Waals surface area contributed by atoms with Gasteiger partial charge < -0.3 is 20.2 Å². The summed E-state index contributed by atoms with van der Waals surface area (Å²) >= 11 is 12.4. The minimum absolute atomic E-state index is 0.0509. The molecule has 1 atom stereocenters. The van der Waals surface area contributed by atoms with Gasteiger partial charge in [0.25, 0.3) is 0 Å². The Morgan fingerprint density at radius 1 is 1.13 bits per heavy atom. The van der Waals surface area contributed by atoms with Crippen LogP contribution in [0.2, 0.25) is 10.0 Å². The standard InChI is InChI=1S/C20H18Cl2N4O4/c21-14-5-3-6-15(22)19(14)25-16-7-2-1-4-12(16)8-18(27)30-26-17(20(28)29)9-13-10-23-11-24-13/h1-7,10-11,17,25-26H,8-9H2,(H,23,24)(H,28,29)/t17-/m0/s1. The third-order valence-electron chi connectivity index (χ3n) is 4.16. The summed E-state index contributed by atoms with van der Waals surface area (Å²) in [5.74, 6) is -1.82. The number of imidazole rings is 1. The van der Waals surface area contributed by atoms with Crippen molar-refractivity contribution in [3.05, 3.63) is 76.3 Å². The average Bonchev–Trinajstić information content (AvgIpc) is 3.22. The molecule has 1 heterocycles. The second kappa shape index (κ2) is 10.1. The lowest BCUT2D eigenvalue weighted by atomic mass is 10.1. The van der Waals surface area contributed by atoms with Crippen molar-refractivity contribution >= 4 is 46.5 Å². The van der Waals surface area contributed by atoms with Gasteiger partial charge in [-0.2, -0.15) is 0 Å². The Labute approximate surface area is 182 Å². The van der Waals surface area contributed by atoms with Crippen molar-refractivity contribution in [1.82, 2.24) is 15.4 Å². The minimum Gasteiger partial charge on any atom is -0.480 e. The van der Waals surface area contributed by atoms with E-state index in [0.717, 1.165) is 0 Å². The molecule has 156 valence electrons. The van der Waals surface area contributed by atoms with Gasteiger partial charge in [-0.3, -0.25) is 9.59 Å². The maximum Gasteiger partial charge on any atom is 0.329 e. The molecule has 8 nitrogen and oxygen atoms in total. The zero-order chi connectivity index (χ0) is 21.5. The molecular weight excluding hydrogens is 431 g/mol.